The number of allylic oxidation sites excluding steroid dienone is 1. The molecule has 9 rings (SSSR count). The third-order valence-corrected chi connectivity index (χ3v) is 13.5. The van der Waals surface area contributed by atoms with Crippen LogP contribution in [0.2, 0.25) is 5.02 Å². The van der Waals surface area contributed by atoms with Gasteiger partial charge in [-0.15, -0.1) is 0 Å². The van der Waals surface area contributed by atoms with Gasteiger partial charge in [0.25, 0.3) is 11.6 Å². The van der Waals surface area contributed by atoms with E-state index in [0.717, 1.165) is 61.7 Å². The van der Waals surface area contributed by atoms with E-state index in [-0.39, 0.29) is 34.2 Å². The first-order chi connectivity index (χ1) is 29.2. The SMILES string of the molecule is O=C(NS(=O)c1ccc(NC2COCCO2)c([N+](=O)[O-])c1)c1ccc(N2CCN(CC3=C(c4ccc(Cl)cc4)CC4(CCC4)CC3)CC2)cc1Oc1cnc2[nH]ccc2c1. The summed E-state index contributed by atoms with van der Waals surface area (Å²) in [6, 6.07) is 21.5. The molecule has 312 valence electrons. The number of carbonyl (C=O) groups is 1. The maximum atomic E-state index is 13.9. The Kier molecular flexibility index (Phi) is 11.6. The van der Waals surface area contributed by atoms with E-state index >= 15 is 0 Å². The number of nitrogens with one attached hydrogen (secondary N) is 3. The molecule has 3 N–H and O–H groups in total. The van der Waals surface area contributed by atoms with Crippen molar-refractivity contribution in [2.45, 2.75) is 49.6 Å². The predicted molar refractivity (Wildman–Crippen MR) is 231 cm³/mol. The highest BCUT2D eigenvalue weighted by Gasteiger charge is 2.41. The normalized spacial score (nSPS) is 19.8. The summed E-state index contributed by atoms with van der Waals surface area (Å²) in [4.78, 5) is 37.7. The summed E-state index contributed by atoms with van der Waals surface area (Å²) in [6.45, 7) is 5.26. The lowest BCUT2D eigenvalue weighted by Crippen LogP contribution is -2.47. The number of piperazine rings is 1. The van der Waals surface area contributed by atoms with Crippen molar-refractivity contribution in [2.24, 2.45) is 5.41 Å². The Balaban J connectivity index is 0.919. The van der Waals surface area contributed by atoms with Gasteiger partial charge in [-0.3, -0.25) is 24.5 Å². The highest BCUT2D eigenvalue weighted by molar-refractivity contribution is 7.83. The molecule has 3 aromatic carbocycles. The average molecular weight is 852 g/mol. The minimum Gasteiger partial charge on any atom is -0.455 e. The molecule has 1 spiro atoms. The molecule has 2 aromatic heterocycles. The van der Waals surface area contributed by atoms with Crippen LogP contribution < -0.4 is 19.7 Å². The van der Waals surface area contributed by atoms with Gasteiger partial charge >= 0.3 is 0 Å². The molecule has 2 saturated heterocycles. The van der Waals surface area contributed by atoms with Crippen LogP contribution in [0.15, 0.2) is 95.7 Å². The van der Waals surface area contributed by atoms with E-state index in [1.807, 2.05) is 36.4 Å². The maximum Gasteiger partial charge on any atom is 0.293 e. The summed E-state index contributed by atoms with van der Waals surface area (Å²) in [5, 5.41) is 16.6. The second-order valence-electron chi connectivity index (χ2n) is 16.0. The monoisotopic (exact) mass is 851 g/mol. The summed E-state index contributed by atoms with van der Waals surface area (Å²) in [7, 11) is -2.14. The Morgan fingerprint density at radius 2 is 1.87 bits per heavy atom. The number of anilines is 2. The molecule has 2 aliphatic heterocycles. The number of nitro benzene ring substituents is 1. The number of H-pyrrole nitrogens is 1. The molecule has 2 unspecified atom stereocenters. The topological polar surface area (TPSA) is 164 Å². The molecule has 60 heavy (non-hydrogen) atoms. The first-order valence-corrected chi connectivity index (χ1v) is 21.9. The van der Waals surface area contributed by atoms with E-state index in [9.17, 15) is 19.1 Å². The van der Waals surface area contributed by atoms with Gasteiger partial charge < -0.3 is 29.4 Å². The Morgan fingerprint density at radius 3 is 2.62 bits per heavy atom. The molecule has 14 nitrogen and oxygen atoms in total. The van der Waals surface area contributed by atoms with Gasteiger partial charge in [-0.25, -0.2) is 9.19 Å². The molecule has 1 saturated carbocycles. The van der Waals surface area contributed by atoms with Gasteiger partial charge in [0.2, 0.25) is 0 Å². The van der Waals surface area contributed by atoms with Crippen LogP contribution in [-0.2, 0) is 20.5 Å². The summed E-state index contributed by atoms with van der Waals surface area (Å²) in [6.07, 6.45) is 10.3. The summed E-state index contributed by atoms with van der Waals surface area (Å²) in [5.74, 6) is 0.00591. The summed E-state index contributed by atoms with van der Waals surface area (Å²) in [5.41, 5.74) is 6.37. The van der Waals surface area contributed by atoms with Crippen LogP contribution in [-0.4, -0.2) is 88.7 Å². The first-order valence-electron chi connectivity index (χ1n) is 20.3. The zero-order chi connectivity index (χ0) is 41.2. The average Bonchev–Trinajstić information content (AvgIpc) is 3.72. The molecule has 0 bridgehead atoms. The van der Waals surface area contributed by atoms with Gasteiger partial charge in [0.1, 0.15) is 22.8 Å². The fourth-order valence-corrected chi connectivity index (χ4v) is 9.68. The van der Waals surface area contributed by atoms with E-state index in [1.165, 1.54) is 60.6 Å². The molecular weight excluding hydrogens is 806 g/mol. The first kappa shape index (κ1) is 40.1. The zero-order valence-electron chi connectivity index (χ0n) is 33.0. The summed E-state index contributed by atoms with van der Waals surface area (Å²) >= 11 is 6.28. The number of nitro groups is 1. The van der Waals surface area contributed by atoms with Crippen molar-refractivity contribution in [1.82, 2.24) is 19.6 Å². The zero-order valence-corrected chi connectivity index (χ0v) is 34.6. The fourth-order valence-electron chi connectivity index (χ4n) is 8.75. The number of rotatable bonds is 12. The van der Waals surface area contributed by atoms with Crippen molar-refractivity contribution in [2.75, 3.05) is 62.8 Å². The number of hydrogen-bond donors (Lipinski definition) is 3. The Labute approximate surface area is 355 Å². The highest BCUT2D eigenvalue weighted by atomic mass is 35.5. The smallest absolute Gasteiger partial charge is 0.293 e. The number of halogens is 1. The van der Waals surface area contributed by atoms with Crippen molar-refractivity contribution >= 4 is 62.2 Å². The van der Waals surface area contributed by atoms with Crippen molar-refractivity contribution in [3.8, 4) is 11.5 Å². The largest absolute Gasteiger partial charge is 0.455 e. The van der Waals surface area contributed by atoms with Crippen LogP contribution in [0.5, 0.6) is 11.5 Å². The van der Waals surface area contributed by atoms with Crippen LogP contribution in [0.25, 0.3) is 16.6 Å². The van der Waals surface area contributed by atoms with Gasteiger partial charge in [0, 0.05) is 67.1 Å². The van der Waals surface area contributed by atoms with Gasteiger partial charge in [0.15, 0.2) is 17.2 Å². The van der Waals surface area contributed by atoms with Crippen molar-refractivity contribution in [1.29, 1.82) is 0 Å². The van der Waals surface area contributed by atoms with Crippen LogP contribution >= 0.6 is 11.6 Å². The number of nitrogens with zero attached hydrogens (tertiary/aromatic N) is 4. The van der Waals surface area contributed by atoms with E-state index in [0.29, 0.717) is 30.0 Å². The molecule has 2 aliphatic carbocycles. The number of pyridine rings is 1. The number of hydrogen-bond acceptors (Lipinski definition) is 11. The minimum absolute atomic E-state index is 0.0484. The highest BCUT2D eigenvalue weighted by Crippen LogP contribution is 2.55. The molecular formula is C44H46ClN7O7S. The molecule has 1 amide bonds. The molecule has 0 radical (unpaired) electrons. The number of carbonyl (C=O) groups excluding carboxylic acids is 1. The molecule has 3 fully saturated rings. The Hall–Kier alpha value is -5.32. The molecule has 2 atom stereocenters. The van der Waals surface area contributed by atoms with Crippen molar-refractivity contribution in [3.05, 3.63) is 117 Å². The van der Waals surface area contributed by atoms with Gasteiger partial charge in [-0.05, 0) is 97.2 Å². The maximum absolute atomic E-state index is 13.9. The van der Waals surface area contributed by atoms with E-state index in [1.54, 1.807) is 18.5 Å². The second kappa shape index (κ2) is 17.3. The van der Waals surface area contributed by atoms with Gasteiger partial charge in [-0.1, -0.05) is 35.7 Å². The Morgan fingerprint density at radius 1 is 1.03 bits per heavy atom. The van der Waals surface area contributed by atoms with Gasteiger partial charge in [0.05, 0.1) is 41.4 Å². The van der Waals surface area contributed by atoms with Crippen molar-refractivity contribution < 1.29 is 28.1 Å². The number of benzene rings is 3. The lowest BCUT2D eigenvalue weighted by Gasteiger charge is -2.47. The number of fused-ring (bicyclic) bond motifs is 1. The molecule has 4 heterocycles. The number of aromatic nitrogens is 2. The number of ether oxygens (including phenoxy) is 3. The number of aromatic amines is 1. The molecule has 5 aromatic rings. The van der Waals surface area contributed by atoms with E-state index < -0.39 is 28.0 Å². The molecule has 4 aliphatic rings. The molecule has 16 heteroatoms. The fraction of sp³-hybridized carbons (Fsp3) is 0.364. The van der Waals surface area contributed by atoms with Crippen LogP contribution in [0.4, 0.5) is 17.1 Å². The Bertz CT molecular complexity index is 2460. The predicted octanol–water partition coefficient (Wildman–Crippen LogP) is 8.08. The van der Waals surface area contributed by atoms with Crippen LogP contribution in [0.3, 0.4) is 0 Å². The lowest BCUT2D eigenvalue weighted by atomic mass is 9.59. The quantitative estimate of drug-likeness (QED) is 0.0821. The third-order valence-electron chi connectivity index (χ3n) is 12.2. The standard InChI is InChI=1S/C44H46ClN7O7S/c45-32-4-2-29(3-5-32)37-25-44(12-1-13-44)14-10-31(37)27-50-16-18-51(19-17-50)33-6-8-36(40(23-33)59-34-22-30-11-15-46-42(30)47-26-34)43(53)49-60(56)35-7-9-38(39(24-35)52(54)55)48-41-28-57-20-21-58-41/h2-9,11,15,22-24,26,41,48H,1,10,12-14,16-21,25,27-28H2,(H,46,47)(H,49,53). The van der Waals surface area contributed by atoms with Crippen LogP contribution in [0, 0.1) is 15.5 Å². The second-order valence-corrected chi connectivity index (χ2v) is 17.6. The van der Waals surface area contributed by atoms with E-state index in [2.05, 4.69) is 41.9 Å². The third kappa shape index (κ3) is 8.77. The van der Waals surface area contributed by atoms with Crippen molar-refractivity contribution in [3.63, 3.8) is 0 Å². The minimum atomic E-state index is -2.14. The van der Waals surface area contributed by atoms with Gasteiger partial charge in [-0.2, -0.15) is 0 Å². The number of amides is 1. The summed E-state index contributed by atoms with van der Waals surface area (Å²) < 4.78 is 33.4. The van der Waals surface area contributed by atoms with E-state index in [4.69, 9.17) is 25.8 Å². The lowest BCUT2D eigenvalue weighted by molar-refractivity contribution is -0.384. The van der Waals surface area contributed by atoms with Crippen LogP contribution in [0.1, 0.15) is 54.4 Å².